The first-order valence-corrected chi connectivity index (χ1v) is 10.3. The number of hydrogen-bond donors (Lipinski definition) is 1. The molecule has 0 radical (unpaired) electrons. The van der Waals surface area contributed by atoms with Crippen LogP contribution in [0, 0.1) is 0 Å². The molecule has 4 aromatic rings. The van der Waals surface area contributed by atoms with E-state index in [0.717, 1.165) is 16.3 Å². The van der Waals surface area contributed by atoms with Crippen LogP contribution in [0.2, 0.25) is 5.15 Å². The van der Waals surface area contributed by atoms with Gasteiger partial charge in [0.05, 0.1) is 29.7 Å². The highest BCUT2D eigenvalue weighted by atomic mass is 35.5. The number of benzene rings is 2. The van der Waals surface area contributed by atoms with E-state index in [-0.39, 0.29) is 18.2 Å². The minimum Gasteiger partial charge on any atom is -0.389 e. The van der Waals surface area contributed by atoms with Gasteiger partial charge in [-0.1, -0.05) is 41.9 Å². The highest BCUT2D eigenvalue weighted by Crippen LogP contribution is 2.27. The molecule has 6 nitrogen and oxygen atoms in total. The van der Waals surface area contributed by atoms with Gasteiger partial charge in [-0.05, 0) is 35.6 Å². The van der Waals surface area contributed by atoms with Crippen LogP contribution in [0.25, 0.3) is 21.7 Å². The molecular formula is C23H20ClN3O3. The summed E-state index contributed by atoms with van der Waals surface area (Å²) in [5.74, 6) is 0.595. The molecule has 1 aliphatic heterocycles. The molecule has 0 spiro atoms. The molecule has 0 amide bonds. The SMILES string of the molecule is O=c1c2ccc3ccccc3c2nc(Cc2ccnc(Cl)c2)n1[C@H]1CCOC[C@@H]1O. The summed E-state index contributed by atoms with van der Waals surface area (Å²) in [6, 6.07) is 14.9. The lowest BCUT2D eigenvalue weighted by Gasteiger charge is -2.31. The van der Waals surface area contributed by atoms with Crippen LogP contribution in [0.3, 0.4) is 0 Å². The third kappa shape index (κ3) is 3.37. The Labute approximate surface area is 177 Å². The van der Waals surface area contributed by atoms with Gasteiger partial charge in [-0.2, -0.15) is 0 Å². The Bertz CT molecular complexity index is 1300. The number of fused-ring (bicyclic) bond motifs is 3. The monoisotopic (exact) mass is 421 g/mol. The minimum atomic E-state index is -0.768. The second-order valence-electron chi connectivity index (χ2n) is 7.55. The molecule has 7 heteroatoms. The molecule has 0 aliphatic carbocycles. The molecule has 152 valence electrons. The molecule has 0 saturated carbocycles. The van der Waals surface area contributed by atoms with Gasteiger partial charge in [-0.25, -0.2) is 9.97 Å². The van der Waals surface area contributed by atoms with E-state index in [4.69, 9.17) is 21.3 Å². The lowest BCUT2D eigenvalue weighted by Crippen LogP contribution is -2.41. The number of pyridine rings is 1. The highest BCUT2D eigenvalue weighted by molar-refractivity contribution is 6.29. The zero-order valence-electron chi connectivity index (χ0n) is 16.2. The molecule has 3 heterocycles. The van der Waals surface area contributed by atoms with Crippen molar-refractivity contribution < 1.29 is 9.84 Å². The van der Waals surface area contributed by atoms with Crippen LogP contribution in [0.4, 0.5) is 0 Å². The Morgan fingerprint density at radius 3 is 2.87 bits per heavy atom. The van der Waals surface area contributed by atoms with E-state index < -0.39 is 6.10 Å². The van der Waals surface area contributed by atoms with Crippen molar-refractivity contribution >= 4 is 33.3 Å². The summed E-state index contributed by atoms with van der Waals surface area (Å²) < 4.78 is 7.03. The molecule has 0 unspecified atom stereocenters. The molecule has 5 rings (SSSR count). The Kier molecular flexibility index (Phi) is 4.98. The van der Waals surface area contributed by atoms with Crippen molar-refractivity contribution in [3.05, 3.63) is 81.6 Å². The summed E-state index contributed by atoms with van der Waals surface area (Å²) in [4.78, 5) is 22.6. The largest absolute Gasteiger partial charge is 0.389 e. The zero-order valence-corrected chi connectivity index (χ0v) is 16.9. The molecule has 1 saturated heterocycles. The van der Waals surface area contributed by atoms with E-state index >= 15 is 0 Å². The van der Waals surface area contributed by atoms with Crippen LogP contribution in [0.15, 0.2) is 59.5 Å². The second-order valence-corrected chi connectivity index (χ2v) is 7.94. The van der Waals surface area contributed by atoms with E-state index in [9.17, 15) is 9.90 Å². The Morgan fingerprint density at radius 1 is 1.17 bits per heavy atom. The van der Waals surface area contributed by atoms with Crippen LogP contribution in [0.1, 0.15) is 23.9 Å². The van der Waals surface area contributed by atoms with Gasteiger partial charge in [0.1, 0.15) is 11.0 Å². The van der Waals surface area contributed by atoms with E-state index in [1.165, 1.54) is 0 Å². The molecule has 2 aromatic heterocycles. The first-order chi connectivity index (χ1) is 14.6. The Morgan fingerprint density at radius 2 is 2.03 bits per heavy atom. The molecular weight excluding hydrogens is 402 g/mol. The first-order valence-electron chi connectivity index (χ1n) is 9.91. The van der Waals surface area contributed by atoms with Gasteiger partial charge in [0.2, 0.25) is 0 Å². The number of aromatic nitrogens is 3. The molecule has 1 aliphatic rings. The van der Waals surface area contributed by atoms with Crippen molar-refractivity contribution in [2.45, 2.75) is 25.0 Å². The molecule has 0 bridgehead atoms. The van der Waals surface area contributed by atoms with Gasteiger partial charge >= 0.3 is 0 Å². The number of ether oxygens (including phenoxy) is 1. The van der Waals surface area contributed by atoms with Crippen LogP contribution in [-0.4, -0.2) is 39.0 Å². The van der Waals surface area contributed by atoms with Gasteiger partial charge in [-0.3, -0.25) is 9.36 Å². The summed E-state index contributed by atoms with van der Waals surface area (Å²) in [7, 11) is 0. The average Bonchev–Trinajstić information content (AvgIpc) is 2.75. The van der Waals surface area contributed by atoms with Gasteiger partial charge in [0.25, 0.3) is 5.56 Å². The summed E-state index contributed by atoms with van der Waals surface area (Å²) in [6.45, 7) is 0.692. The fourth-order valence-electron chi connectivity index (χ4n) is 4.19. The normalized spacial score (nSPS) is 19.4. The van der Waals surface area contributed by atoms with Gasteiger partial charge in [-0.15, -0.1) is 0 Å². The van der Waals surface area contributed by atoms with Crippen molar-refractivity contribution in [1.82, 2.24) is 14.5 Å². The third-order valence-corrected chi connectivity index (χ3v) is 5.85. The van der Waals surface area contributed by atoms with Crippen LogP contribution in [0.5, 0.6) is 0 Å². The maximum atomic E-state index is 13.6. The number of halogens is 1. The molecule has 2 aromatic carbocycles. The number of nitrogens with zero attached hydrogens (tertiary/aromatic N) is 3. The predicted octanol–water partition coefficient (Wildman–Crippen LogP) is 3.51. The van der Waals surface area contributed by atoms with Crippen molar-refractivity contribution in [3.8, 4) is 0 Å². The molecule has 1 fully saturated rings. The summed E-state index contributed by atoms with van der Waals surface area (Å²) >= 11 is 6.07. The summed E-state index contributed by atoms with van der Waals surface area (Å²) in [5, 5.41) is 13.5. The predicted molar refractivity (Wildman–Crippen MR) is 116 cm³/mol. The number of aliphatic hydroxyl groups is 1. The second kappa shape index (κ2) is 7.80. The van der Waals surface area contributed by atoms with E-state index in [2.05, 4.69) is 4.98 Å². The quantitative estimate of drug-likeness (QED) is 0.404. The Hall–Kier alpha value is -2.80. The number of rotatable bonds is 3. The Balaban J connectivity index is 1.77. The standard InChI is InChI=1S/C23H20ClN3O3/c24-20-11-14(7-9-25-20)12-21-26-22-16-4-2-1-3-15(16)5-6-17(22)23(29)27(21)18-8-10-30-13-19(18)28/h1-7,9,11,18-19,28H,8,10,12-13H2/t18-,19-/m0/s1. The van der Waals surface area contributed by atoms with Crippen molar-refractivity contribution in [1.29, 1.82) is 0 Å². The van der Waals surface area contributed by atoms with E-state index in [0.29, 0.717) is 41.3 Å². The number of hydrogen-bond acceptors (Lipinski definition) is 5. The topological polar surface area (TPSA) is 77.2 Å². The smallest absolute Gasteiger partial charge is 0.261 e. The molecule has 1 N–H and O–H groups in total. The fraction of sp³-hybridized carbons (Fsp3) is 0.261. The van der Waals surface area contributed by atoms with Gasteiger partial charge < -0.3 is 9.84 Å². The first kappa shape index (κ1) is 19.2. The van der Waals surface area contributed by atoms with Gasteiger partial charge in [0, 0.05) is 24.6 Å². The molecule has 30 heavy (non-hydrogen) atoms. The lowest BCUT2D eigenvalue weighted by molar-refractivity contribution is -0.0401. The average molecular weight is 422 g/mol. The zero-order chi connectivity index (χ0) is 20.7. The number of aliphatic hydroxyl groups excluding tert-OH is 1. The van der Waals surface area contributed by atoms with E-state index in [1.54, 1.807) is 16.8 Å². The third-order valence-electron chi connectivity index (χ3n) is 5.64. The van der Waals surface area contributed by atoms with Gasteiger partial charge in [0.15, 0.2) is 0 Å². The lowest BCUT2D eigenvalue weighted by atomic mass is 10.0. The summed E-state index contributed by atoms with van der Waals surface area (Å²) in [6.07, 6.45) is 1.82. The van der Waals surface area contributed by atoms with Crippen molar-refractivity contribution in [2.75, 3.05) is 13.2 Å². The highest BCUT2D eigenvalue weighted by Gasteiger charge is 2.29. The molecule has 2 atom stereocenters. The summed E-state index contributed by atoms with van der Waals surface area (Å²) in [5.41, 5.74) is 1.43. The van der Waals surface area contributed by atoms with Crippen LogP contribution < -0.4 is 5.56 Å². The fourth-order valence-corrected chi connectivity index (χ4v) is 4.39. The van der Waals surface area contributed by atoms with Crippen LogP contribution in [-0.2, 0) is 11.2 Å². The van der Waals surface area contributed by atoms with Crippen LogP contribution >= 0.6 is 11.6 Å². The maximum Gasteiger partial charge on any atom is 0.261 e. The van der Waals surface area contributed by atoms with Crippen molar-refractivity contribution in [3.63, 3.8) is 0 Å². The maximum absolute atomic E-state index is 13.6. The van der Waals surface area contributed by atoms with Crippen molar-refractivity contribution in [2.24, 2.45) is 0 Å². The minimum absolute atomic E-state index is 0.146. The van der Waals surface area contributed by atoms with E-state index in [1.807, 2.05) is 42.5 Å².